The summed E-state index contributed by atoms with van der Waals surface area (Å²) in [7, 11) is 0. The maximum Gasteiger partial charge on any atom is 0.0159 e. The van der Waals surface area contributed by atoms with Crippen LogP contribution >= 0.6 is 0 Å². The zero-order valence-electron chi connectivity index (χ0n) is 48.6. The van der Waals surface area contributed by atoms with Gasteiger partial charge in [0.25, 0.3) is 0 Å². The summed E-state index contributed by atoms with van der Waals surface area (Å²) in [6.45, 7) is 9.62. The van der Waals surface area contributed by atoms with Crippen LogP contribution in [0.2, 0.25) is 0 Å². The van der Waals surface area contributed by atoms with Gasteiger partial charge in [-0.2, -0.15) is 0 Å². The highest BCUT2D eigenvalue weighted by Gasteiger charge is 2.38. The molecule has 0 unspecified atom stereocenters. The first-order valence-electron chi connectivity index (χ1n) is 30.5. The molecule has 0 bridgehead atoms. The van der Waals surface area contributed by atoms with Gasteiger partial charge in [0.15, 0.2) is 0 Å². The van der Waals surface area contributed by atoms with Gasteiger partial charge in [-0.25, -0.2) is 0 Å². The van der Waals surface area contributed by atoms with Crippen molar-refractivity contribution in [3.8, 4) is 145 Å². The Morgan fingerprint density at radius 1 is 0.163 bits per heavy atom. The highest BCUT2D eigenvalue weighted by atomic mass is 14.4. The molecule has 0 fully saturated rings. The third kappa shape index (κ3) is 7.11. The number of hydrogen-bond acceptors (Lipinski definition) is 0. The van der Waals surface area contributed by atoms with E-state index in [4.69, 9.17) is 0 Å². The van der Waals surface area contributed by atoms with Crippen molar-refractivity contribution in [3.63, 3.8) is 0 Å². The summed E-state index contributed by atoms with van der Waals surface area (Å²) in [5.74, 6) is 0. The number of fused-ring (bicyclic) bond motifs is 12. The van der Waals surface area contributed by atoms with Crippen molar-refractivity contribution in [2.24, 2.45) is 0 Å². The van der Waals surface area contributed by atoms with Crippen LogP contribution in [0.15, 0.2) is 279 Å². The molecular formula is C86H58. The molecule has 4 aliphatic rings. The third-order valence-electron chi connectivity index (χ3n) is 20.3. The van der Waals surface area contributed by atoms with Gasteiger partial charge in [0, 0.05) is 10.8 Å². The molecule has 0 heteroatoms. The Balaban J connectivity index is 0.569. The second kappa shape index (κ2) is 18.1. The Morgan fingerprint density at radius 2 is 0.372 bits per heavy atom. The fourth-order valence-corrected chi connectivity index (χ4v) is 15.7. The molecule has 0 radical (unpaired) electrons. The van der Waals surface area contributed by atoms with Crippen LogP contribution in [0, 0.1) is 0 Å². The van der Waals surface area contributed by atoms with Gasteiger partial charge in [-0.1, -0.05) is 282 Å². The van der Waals surface area contributed by atoms with E-state index in [2.05, 4.69) is 307 Å². The Hall–Kier alpha value is -10.4. The van der Waals surface area contributed by atoms with Crippen LogP contribution in [0.5, 0.6) is 0 Å². The maximum atomic E-state index is 2.47. The quantitative estimate of drug-likeness (QED) is 0.149. The van der Waals surface area contributed by atoms with Crippen LogP contribution in [0.1, 0.15) is 49.9 Å². The lowest BCUT2D eigenvalue weighted by Crippen LogP contribution is -2.15. The van der Waals surface area contributed by atoms with Gasteiger partial charge in [0.2, 0.25) is 0 Å². The third-order valence-corrected chi connectivity index (χ3v) is 20.3. The Morgan fingerprint density at radius 3 is 0.674 bits per heavy atom. The predicted octanol–water partition coefficient (Wildman–Crippen LogP) is 23.6. The summed E-state index contributed by atoms with van der Waals surface area (Å²) in [5, 5.41) is 5.36. The fraction of sp³-hybridized carbons (Fsp3) is 0.0698. The first kappa shape index (κ1) is 49.1. The molecule has 4 aliphatic carbocycles. The summed E-state index contributed by atoms with van der Waals surface area (Å²) in [5.41, 5.74) is 38.7. The molecule has 0 atom stereocenters. The van der Waals surface area contributed by atoms with Crippen molar-refractivity contribution in [1.29, 1.82) is 0 Å². The number of rotatable bonds is 7. The van der Waals surface area contributed by atoms with Crippen LogP contribution in [0.25, 0.3) is 166 Å². The molecule has 18 rings (SSSR count). The summed E-state index contributed by atoms with van der Waals surface area (Å²) in [6.07, 6.45) is 0. The first-order chi connectivity index (χ1) is 42.1. The molecule has 0 aromatic heterocycles. The molecule has 0 N–H and O–H groups in total. The molecule has 0 spiro atoms. The molecule has 402 valence electrons. The van der Waals surface area contributed by atoms with Crippen LogP contribution < -0.4 is 0 Å². The topological polar surface area (TPSA) is 0 Å². The van der Waals surface area contributed by atoms with Crippen LogP contribution in [-0.2, 0) is 10.8 Å². The summed E-state index contributed by atoms with van der Waals surface area (Å²) >= 11 is 0. The Kier molecular flexibility index (Phi) is 10.3. The van der Waals surface area contributed by atoms with Crippen LogP contribution in [0.4, 0.5) is 0 Å². The van der Waals surface area contributed by atoms with Crippen LogP contribution in [-0.4, -0.2) is 0 Å². The van der Waals surface area contributed by atoms with Crippen molar-refractivity contribution in [3.05, 3.63) is 301 Å². The first-order valence-corrected chi connectivity index (χ1v) is 30.5. The lowest BCUT2D eigenvalue weighted by atomic mass is 9.79. The van der Waals surface area contributed by atoms with Gasteiger partial charge in [0.05, 0.1) is 0 Å². The molecule has 14 aromatic rings. The van der Waals surface area contributed by atoms with Crippen molar-refractivity contribution in [2.75, 3.05) is 0 Å². The van der Waals surface area contributed by atoms with E-state index in [0.717, 1.165) is 0 Å². The van der Waals surface area contributed by atoms with Gasteiger partial charge < -0.3 is 0 Å². The minimum absolute atomic E-state index is 0.159. The molecule has 0 heterocycles. The maximum absolute atomic E-state index is 2.47. The van der Waals surface area contributed by atoms with E-state index in [-0.39, 0.29) is 10.8 Å². The molecule has 0 aliphatic heterocycles. The SMILES string of the molecule is CC1(C)c2cc(-c3ccc(-c4ccc(-c5ccc(-c6ccc7c8c(cccc68)-c6ccccc6-7)cc5)cc4)cc3)ccc2-c2ccc(-c3ccc4c(c3)C(C)(C)c3cc(-c5ccc(-c6ccc7c8c(cccc68)-c6ccccc6-7)cc5)ccc3-4)cc21. The molecule has 0 nitrogen and oxygen atoms in total. The van der Waals surface area contributed by atoms with Gasteiger partial charge in [-0.15, -0.1) is 0 Å². The van der Waals surface area contributed by atoms with Gasteiger partial charge in [-0.3, -0.25) is 0 Å². The summed E-state index contributed by atoms with van der Waals surface area (Å²) < 4.78 is 0. The summed E-state index contributed by atoms with van der Waals surface area (Å²) in [4.78, 5) is 0. The van der Waals surface area contributed by atoms with E-state index in [1.54, 1.807) is 0 Å². The average Bonchev–Trinajstić information content (AvgIpc) is 1.88. The Bertz CT molecular complexity index is 5160. The monoisotopic (exact) mass is 1090 g/mol. The summed E-state index contributed by atoms with van der Waals surface area (Å²) in [6, 6.07) is 106. The zero-order valence-corrected chi connectivity index (χ0v) is 48.6. The molecule has 0 saturated heterocycles. The van der Waals surface area contributed by atoms with E-state index in [1.165, 1.54) is 188 Å². The van der Waals surface area contributed by atoms with E-state index < -0.39 is 0 Å². The molecule has 0 saturated carbocycles. The van der Waals surface area contributed by atoms with Crippen molar-refractivity contribution in [2.45, 2.75) is 38.5 Å². The lowest BCUT2D eigenvalue weighted by molar-refractivity contribution is 0.660. The number of hydrogen-bond donors (Lipinski definition) is 0. The standard InChI is InChI=1S/C86H58/c1-85(2)79-47-59(55-25-23-53(24-26-55)51-19-21-52(22-20-51)54-27-31-57(32-28-54)63-43-45-77-67-13-7-5-11-65(67)75-17-9-15-73(63)83(75)77)35-39-69(79)71-41-37-61(49-81(71)85)62-38-42-72-70-40-36-60(48-80(70)86(3,4)82(72)50-62)56-29-33-58(34-30-56)64-44-46-78-68-14-8-6-12-66(68)76-18-10-16-74(64)84(76)78/h5-50H,1-4H3. The second-order valence-corrected chi connectivity index (χ2v) is 25.5. The fourth-order valence-electron chi connectivity index (χ4n) is 15.7. The van der Waals surface area contributed by atoms with Gasteiger partial charge in [-0.05, 0) is 213 Å². The van der Waals surface area contributed by atoms with Crippen LogP contribution in [0.3, 0.4) is 0 Å². The largest absolute Gasteiger partial charge is 0.0616 e. The van der Waals surface area contributed by atoms with E-state index >= 15 is 0 Å². The molecular weight excluding hydrogens is 1030 g/mol. The second-order valence-electron chi connectivity index (χ2n) is 25.5. The minimum Gasteiger partial charge on any atom is -0.0616 e. The Labute approximate surface area is 503 Å². The van der Waals surface area contributed by atoms with Gasteiger partial charge in [0.1, 0.15) is 0 Å². The average molecular weight is 1090 g/mol. The predicted molar refractivity (Wildman–Crippen MR) is 363 cm³/mol. The van der Waals surface area contributed by atoms with Crippen molar-refractivity contribution < 1.29 is 0 Å². The highest BCUT2D eigenvalue weighted by Crippen LogP contribution is 2.55. The normalized spacial score (nSPS) is 13.8. The van der Waals surface area contributed by atoms with Crippen molar-refractivity contribution >= 4 is 21.5 Å². The molecule has 86 heavy (non-hydrogen) atoms. The highest BCUT2D eigenvalue weighted by molar-refractivity contribution is 6.20. The zero-order chi connectivity index (χ0) is 57.2. The number of benzene rings is 14. The smallest absolute Gasteiger partial charge is 0.0159 e. The van der Waals surface area contributed by atoms with E-state index in [1.807, 2.05) is 0 Å². The van der Waals surface area contributed by atoms with Gasteiger partial charge >= 0.3 is 0 Å². The van der Waals surface area contributed by atoms with E-state index in [9.17, 15) is 0 Å². The lowest BCUT2D eigenvalue weighted by Gasteiger charge is -2.24. The minimum atomic E-state index is -0.161. The molecule has 0 amide bonds. The molecule has 14 aromatic carbocycles. The van der Waals surface area contributed by atoms with Crippen molar-refractivity contribution in [1.82, 2.24) is 0 Å². The van der Waals surface area contributed by atoms with E-state index in [0.29, 0.717) is 0 Å².